The van der Waals surface area contributed by atoms with Crippen LogP contribution in [0.25, 0.3) is 190 Å². The Labute approximate surface area is 575 Å². The molecular formula is C89H55N11. The van der Waals surface area contributed by atoms with Gasteiger partial charge in [-0.2, -0.15) is 0 Å². The van der Waals surface area contributed by atoms with Gasteiger partial charge >= 0.3 is 0 Å². The lowest BCUT2D eigenvalue weighted by molar-refractivity contribution is 1.07. The van der Waals surface area contributed by atoms with Crippen molar-refractivity contribution in [3.05, 3.63) is 334 Å². The summed E-state index contributed by atoms with van der Waals surface area (Å²) in [4.78, 5) is 55.0. The molecule has 10 aromatic carbocycles. The van der Waals surface area contributed by atoms with Crippen LogP contribution >= 0.6 is 0 Å². The van der Waals surface area contributed by atoms with Crippen LogP contribution in [0.2, 0.25) is 0 Å². The first-order valence-corrected chi connectivity index (χ1v) is 33.1. The zero-order valence-electron chi connectivity index (χ0n) is 53.7. The first kappa shape index (κ1) is 58.8. The lowest BCUT2D eigenvalue weighted by Gasteiger charge is -2.11. The van der Waals surface area contributed by atoms with Crippen molar-refractivity contribution < 1.29 is 0 Å². The van der Waals surface area contributed by atoms with E-state index in [0.29, 0.717) is 23.3 Å². The average molecular weight is 1280 g/mol. The van der Waals surface area contributed by atoms with Crippen molar-refractivity contribution in [3.63, 3.8) is 0 Å². The number of nitrogens with zero attached hydrogens (tertiary/aromatic N) is 11. The van der Waals surface area contributed by atoms with Crippen molar-refractivity contribution >= 4 is 43.6 Å². The van der Waals surface area contributed by atoms with Gasteiger partial charge < -0.3 is 0 Å². The van der Waals surface area contributed by atoms with Gasteiger partial charge in [-0.15, -0.1) is 0 Å². The van der Waals surface area contributed by atoms with Crippen LogP contribution in [0.3, 0.4) is 0 Å². The molecule has 11 nitrogen and oxygen atoms in total. The quantitative estimate of drug-likeness (QED) is 0.109. The number of aromatic nitrogens is 11. The first-order chi connectivity index (χ1) is 49.4. The van der Waals surface area contributed by atoms with Crippen molar-refractivity contribution in [2.24, 2.45) is 0 Å². The average Bonchev–Trinajstić information content (AvgIpc) is 0.803. The van der Waals surface area contributed by atoms with Gasteiger partial charge in [0, 0.05) is 78.4 Å². The van der Waals surface area contributed by atoms with Gasteiger partial charge in [0.15, 0.2) is 23.3 Å². The highest BCUT2D eigenvalue weighted by Gasteiger charge is 2.17. The fourth-order valence-corrected chi connectivity index (χ4v) is 12.9. The standard InChI is InChI=1S/C89H55N11/c1-4-12-65(13-5-1)86-96-83(55-84(97-86)60-25-23-57(24-26-60)74-43-39-61-29-35-69(50-79(61)92-74)71-37-31-63-41-45-77(94-81(63)52-71)76-18-10-11-48-90-76)59-21-19-56(20-22-59)73-47-49-91-85(54-73)78-46-42-64-32-38-72(53-82(64)95-78)70-36-30-62-40-44-75(93-80(62)51-70)58-27-33-68(34-28-58)89-99-87(66-14-6-2-7-15-66)98-88(100-89)67-16-8-3-9-17-67/h1-55H. The summed E-state index contributed by atoms with van der Waals surface area (Å²) in [5, 5.41) is 4.23. The van der Waals surface area contributed by atoms with Crippen molar-refractivity contribution in [2.45, 2.75) is 0 Å². The summed E-state index contributed by atoms with van der Waals surface area (Å²) in [5.74, 6) is 2.50. The fraction of sp³-hybridized carbons (Fsp3) is 0. The number of hydrogen-bond acceptors (Lipinski definition) is 11. The molecule has 8 aromatic heterocycles. The Morgan fingerprint density at radius 1 is 0.140 bits per heavy atom. The third-order valence-corrected chi connectivity index (χ3v) is 18.3. The maximum absolute atomic E-state index is 5.22. The predicted molar refractivity (Wildman–Crippen MR) is 403 cm³/mol. The van der Waals surface area contributed by atoms with Gasteiger partial charge in [0.05, 0.1) is 67.6 Å². The lowest BCUT2D eigenvalue weighted by Crippen LogP contribution is -2.00. The smallest absolute Gasteiger partial charge is 0.164 e. The zero-order chi connectivity index (χ0) is 66.3. The Balaban J connectivity index is 0.584. The molecule has 0 bridgehead atoms. The van der Waals surface area contributed by atoms with Crippen LogP contribution in [-0.2, 0) is 0 Å². The molecule has 0 N–H and O–H groups in total. The number of fused-ring (bicyclic) bond motifs is 4. The van der Waals surface area contributed by atoms with E-state index in [0.717, 1.165) is 167 Å². The van der Waals surface area contributed by atoms with Crippen LogP contribution in [0, 0.1) is 0 Å². The number of pyridine rings is 6. The fourth-order valence-electron chi connectivity index (χ4n) is 12.9. The Morgan fingerprint density at radius 3 is 0.850 bits per heavy atom. The van der Waals surface area contributed by atoms with E-state index < -0.39 is 0 Å². The molecule has 100 heavy (non-hydrogen) atoms. The normalized spacial score (nSPS) is 11.4. The minimum atomic E-state index is 0.605. The second kappa shape index (κ2) is 25.4. The predicted octanol–water partition coefficient (Wildman–Crippen LogP) is 21.3. The molecular weight excluding hydrogens is 1220 g/mol. The molecule has 18 rings (SSSR count). The number of hydrogen-bond donors (Lipinski definition) is 0. The minimum Gasteiger partial charge on any atom is -0.255 e. The third kappa shape index (κ3) is 11.8. The third-order valence-electron chi connectivity index (χ3n) is 18.3. The molecule has 0 atom stereocenters. The van der Waals surface area contributed by atoms with E-state index in [9.17, 15) is 0 Å². The summed E-state index contributed by atoms with van der Waals surface area (Å²) in [7, 11) is 0. The first-order valence-electron chi connectivity index (χ1n) is 33.1. The Hall–Kier alpha value is -13.8. The molecule has 0 spiro atoms. The Kier molecular flexibility index (Phi) is 14.9. The highest BCUT2D eigenvalue weighted by molar-refractivity contribution is 5.93. The highest BCUT2D eigenvalue weighted by Crippen LogP contribution is 2.36. The van der Waals surface area contributed by atoms with E-state index in [-0.39, 0.29) is 0 Å². The van der Waals surface area contributed by atoms with Gasteiger partial charge in [0.1, 0.15) is 0 Å². The molecule has 466 valence electrons. The van der Waals surface area contributed by atoms with Crippen molar-refractivity contribution in [1.29, 1.82) is 0 Å². The molecule has 0 unspecified atom stereocenters. The van der Waals surface area contributed by atoms with Crippen LogP contribution < -0.4 is 0 Å². The molecule has 0 aliphatic rings. The molecule has 8 heterocycles. The van der Waals surface area contributed by atoms with Gasteiger partial charge in [-0.05, 0) is 112 Å². The van der Waals surface area contributed by atoms with Gasteiger partial charge in [0.2, 0.25) is 0 Å². The summed E-state index contributed by atoms with van der Waals surface area (Å²) < 4.78 is 0. The van der Waals surface area contributed by atoms with Crippen molar-refractivity contribution in [1.82, 2.24) is 54.8 Å². The minimum absolute atomic E-state index is 0.605. The van der Waals surface area contributed by atoms with Crippen LogP contribution in [0.4, 0.5) is 0 Å². The van der Waals surface area contributed by atoms with E-state index in [1.807, 2.05) is 121 Å². The van der Waals surface area contributed by atoms with Crippen LogP contribution in [-0.4, -0.2) is 54.8 Å². The lowest BCUT2D eigenvalue weighted by atomic mass is 10.00. The molecule has 0 saturated heterocycles. The van der Waals surface area contributed by atoms with E-state index in [1.54, 1.807) is 6.20 Å². The summed E-state index contributed by atoms with van der Waals surface area (Å²) in [6.07, 6.45) is 3.65. The molecule has 18 aromatic rings. The number of rotatable bonds is 13. The zero-order valence-corrected chi connectivity index (χ0v) is 53.7. The van der Waals surface area contributed by atoms with Gasteiger partial charge in [-0.25, -0.2) is 44.9 Å². The Bertz CT molecular complexity index is 6060. The van der Waals surface area contributed by atoms with Gasteiger partial charge in [-0.3, -0.25) is 9.97 Å². The van der Waals surface area contributed by atoms with Crippen molar-refractivity contribution in [2.75, 3.05) is 0 Å². The molecule has 0 saturated carbocycles. The van der Waals surface area contributed by atoms with Gasteiger partial charge in [-0.1, -0.05) is 243 Å². The van der Waals surface area contributed by atoms with E-state index in [1.165, 1.54) is 0 Å². The second-order valence-electron chi connectivity index (χ2n) is 24.7. The maximum atomic E-state index is 5.22. The molecule has 0 aliphatic heterocycles. The Morgan fingerprint density at radius 2 is 0.440 bits per heavy atom. The SMILES string of the molecule is c1ccc(-c2nc(-c3ccc(-c4ccnc(-c5ccc6ccc(-c7ccc8ccc(-c9ccc(-c%10nc(-c%11ccccc%11)nc(-c%11ccccc%11)n%10)cc9)nc8c7)cc6n5)c4)cc3)cc(-c3ccc(-c4ccc5ccc(-c6ccc7ccc(-c8ccccn8)nc7c6)cc5n4)cc3)n2)cc1. The summed E-state index contributed by atoms with van der Waals surface area (Å²) in [6, 6.07) is 110. The molecule has 0 amide bonds. The summed E-state index contributed by atoms with van der Waals surface area (Å²) in [6.45, 7) is 0. The molecule has 0 fully saturated rings. The summed E-state index contributed by atoms with van der Waals surface area (Å²) in [5.41, 5.74) is 24.2. The van der Waals surface area contributed by atoms with Crippen molar-refractivity contribution in [3.8, 4) is 147 Å². The van der Waals surface area contributed by atoms with Crippen LogP contribution in [0.5, 0.6) is 0 Å². The second-order valence-corrected chi connectivity index (χ2v) is 24.7. The molecule has 0 aliphatic carbocycles. The molecule has 0 radical (unpaired) electrons. The van der Waals surface area contributed by atoms with Gasteiger partial charge in [0.25, 0.3) is 0 Å². The molecule has 11 heteroatoms. The number of benzene rings is 10. The largest absolute Gasteiger partial charge is 0.255 e. The monoisotopic (exact) mass is 1280 g/mol. The van der Waals surface area contributed by atoms with Crippen LogP contribution in [0.15, 0.2) is 334 Å². The van der Waals surface area contributed by atoms with Crippen LogP contribution in [0.1, 0.15) is 0 Å². The maximum Gasteiger partial charge on any atom is 0.164 e. The van der Waals surface area contributed by atoms with E-state index >= 15 is 0 Å². The van der Waals surface area contributed by atoms with E-state index in [2.05, 4.69) is 211 Å². The summed E-state index contributed by atoms with van der Waals surface area (Å²) >= 11 is 0. The highest BCUT2D eigenvalue weighted by atomic mass is 15.0. The topological polar surface area (TPSA) is 142 Å². The van der Waals surface area contributed by atoms with E-state index in [4.69, 9.17) is 49.8 Å².